The van der Waals surface area contributed by atoms with Crippen LogP contribution in [0.2, 0.25) is 0 Å². The van der Waals surface area contributed by atoms with Crippen molar-refractivity contribution >= 4 is 15.7 Å². The Labute approximate surface area is 49.6 Å². The van der Waals surface area contributed by atoms with Crippen LogP contribution >= 0.6 is 0 Å². The van der Waals surface area contributed by atoms with Crippen LogP contribution in [0.25, 0.3) is 0 Å². The van der Waals surface area contributed by atoms with E-state index in [1.165, 1.54) is 12.6 Å². The van der Waals surface area contributed by atoms with Gasteiger partial charge in [0.05, 0.1) is 0 Å². The highest BCUT2D eigenvalue weighted by Crippen LogP contribution is 1.87. The van der Waals surface area contributed by atoms with Crippen LogP contribution in [0.4, 0.5) is 0 Å². The van der Waals surface area contributed by atoms with Gasteiger partial charge in [-0.25, -0.2) is 4.79 Å². The van der Waals surface area contributed by atoms with Crippen LogP contribution in [-0.4, -0.2) is 25.6 Å². The van der Waals surface area contributed by atoms with Crippen molar-refractivity contribution in [2.24, 2.45) is 0 Å². The third-order valence-electron chi connectivity index (χ3n) is 0.735. The average Bonchev–Trinajstić information content (AvgIpc) is 1.67. The first-order valence-electron chi connectivity index (χ1n) is 2.19. The van der Waals surface area contributed by atoms with Crippen molar-refractivity contribution in [1.29, 1.82) is 0 Å². The number of rotatable bonds is 2. The Morgan fingerprint density at radius 1 is 1.75 bits per heavy atom. The van der Waals surface area contributed by atoms with E-state index in [-0.39, 0.29) is 5.57 Å². The van der Waals surface area contributed by atoms with Crippen molar-refractivity contribution < 1.29 is 14.7 Å². The van der Waals surface area contributed by atoms with Gasteiger partial charge in [0.15, 0.2) is 9.76 Å². The SMILES string of the molecule is C/C(=C\[SiH2]O)C(=O)O. The van der Waals surface area contributed by atoms with E-state index in [4.69, 9.17) is 9.90 Å². The Morgan fingerprint density at radius 2 is 2.25 bits per heavy atom. The van der Waals surface area contributed by atoms with E-state index in [9.17, 15) is 4.79 Å². The maximum absolute atomic E-state index is 9.93. The molecule has 0 aliphatic carbocycles. The molecule has 0 aliphatic rings. The molecule has 0 atom stereocenters. The second-order valence-electron chi connectivity index (χ2n) is 1.37. The van der Waals surface area contributed by atoms with Crippen molar-refractivity contribution in [2.45, 2.75) is 6.92 Å². The fourth-order valence-corrected chi connectivity index (χ4v) is 0.673. The Bertz CT molecular complexity index is 118. The zero-order chi connectivity index (χ0) is 6.57. The summed E-state index contributed by atoms with van der Waals surface area (Å²) in [7, 11) is -1.22. The van der Waals surface area contributed by atoms with Crippen LogP contribution in [0.5, 0.6) is 0 Å². The van der Waals surface area contributed by atoms with E-state index in [0.29, 0.717) is 0 Å². The van der Waals surface area contributed by atoms with Crippen LogP contribution in [0.15, 0.2) is 11.3 Å². The van der Waals surface area contributed by atoms with E-state index >= 15 is 0 Å². The van der Waals surface area contributed by atoms with Crippen LogP contribution in [0.3, 0.4) is 0 Å². The number of carboxylic acids is 1. The summed E-state index contributed by atoms with van der Waals surface area (Å²) in [5, 5.41) is 8.16. The van der Waals surface area contributed by atoms with Gasteiger partial charge in [-0.1, -0.05) is 5.70 Å². The molecule has 0 radical (unpaired) electrons. The fourth-order valence-electron chi connectivity index (χ4n) is 0.224. The van der Waals surface area contributed by atoms with Gasteiger partial charge >= 0.3 is 5.97 Å². The summed E-state index contributed by atoms with van der Waals surface area (Å²) in [5.74, 6) is -0.952. The summed E-state index contributed by atoms with van der Waals surface area (Å²) in [6, 6.07) is 0. The van der Waals surface area contributed by atoms with Crippen molar-refractivity contribution in [2.75, 3.05) is 0 Å². The molecule has 3 nitrogen and oxygen atoms in total. The van der Waals surface area contributed by atoms with Gasteiger partial charge in [-0.15, -0.1) is 0 Å². The first kappa shape index (κ1) is 7.39. The Hall–Kier alpha value is -0.613. The number of hydrogen-bond donors (Lipinski definition) is 2. The molecule has 0 aliphatic heterocycles. The monoisotopic (exact) mass is 132 g/mol. The summed E-state index contributed by atoms with van der Waals surface area (Å²) in [6.07, 6.45) is 0. The zero-order valence-corrected chi connectivity index (χ0v) is 6.00. The van der Waals surface area contributed by atoms with E-state index in [1.54, 1.807) is 0 Å². The lowest BCUT2D eigenvalue weighted by atomic mass is 10.4. The van der Waals surface area contributed by atoms with Gasteiger partial charge in [0, 0.05) is 5.57 Å². The van der Waals surface area contributed by atoms with Crippen LogP contribution in [0.1, 0.15) is 6.92 Å². The summed E-state index contributed by atoms with van der Waals surface area (Å²) < 4.78 is 0. The van der Waals surface area contributed by atoms with E-state index in [1.807, 2.05) is 0 Å². The van der Waals surface area contributed by atoms with Gasteiger partial charge in [-0.05, 0) is 6.92 Å². The molecule has 0 saturated heterocycles. The summed E-state index contributed by atoms with van der Waals surface area (Å²) in [5.41, 5.74) is 1.61. The molecule has 0 bridgehead atoms. The molecular weight excluding hydrogens is 124 g/mol. The minimum atomic E-state index is -1.22. The lowest BCUT2D eigenvalue weighted by molar-refractivity contribution is -0.132. The number of aliphatic carboxylic acids is 1. The molecule has 0 saturated carbocycles. The predicted molar refractivity (Wildman–Crippen MR) is 32.2 cm³/mol. The first-order valence-corrected chi connectivity index (χ1v) is 3.64. The molecule has 0 aromatic rings. The van der Waals surface area contributed by atoms with Crippen LogP contribution < -0.4 is 0 Å². The Kier molecular flexibility index (Phi) is 3.14. The lowest BCUT2D eigenvalue weighted by Crippen LogP contribution is -1.97. The van der Waals surface area contributed by atoms with Crippen LogP contribution in [0, 0.1) is 0 Å². The molecule has 46 valence electrons. The fraction of sp³-hybridized carbons (Fsp3) is 0.250. The molecule has 8 heavy (non-hydrogen) atoms. The summed E-state index contributed by atoms with van der Waals surface area (Å²) in [4.78, 5) is 18.2. The zero-order valence-electron chi connectivity index (χ0n) is 4.59. The maximum Gasteiger partial charge on any atom is 0.330 e. The molecule has 0 fully saturated rings. The topological polar surface area (TPSA) is 57.5 Å². The standard InChI is InChI=1S/C4H8O3Si/c1-3(2-8-7)4(5)6/h2,7H,8H2,1H3,(H,5,6)/b3-2+. The van der Waals surface area contributed by atoms with E-state index in [2.05, 4.69) is 0 Å². The molecule has 0 rings (SSSR count). The number of hydrogen-bond acceptors (Lipinski definition) is 2. The van der Waals surface area contributed by atoms with Crippen LogP contribution in [-0.2, 0) is 4.79 Å². The van der Waals surface area contributed by atoms with E-state index in [0.717, 1.165) is 0 Å². The average molecular weight is 132 g/mol. The molecular formula is C4H8O3Si. The lowest BCUT2D eigenvalue weighted by Gasteiger charge is -1.86. The smallest absolute Gasteiger partial charge is 0.330 e. The highest BCUT2D eigenvalue weighted by Gasteiger charge is 1.95. The third-order valence-corrected chi connectivity index (χ3v) is 1.53. The first-order chi connectivity index (χ1) is 3.68. The molecule has 4 heteroatoms. The summed E-state index contributed by atoms with van der Waals surface area (Å²) in [6.45, 7) is 1.46. The molecule has 0 aromatic carbocycles. The molecule has 0 amide bonds. The highest BCUT2D eigenvalue weighted by molar-refractivity contribution is 6.33. The maximum atomic E-state index is 9.93. The highest BCUT2D eigenvalue weighted by atomic mass is 28.2. The van der Waals surface area contributed by atoms with Crippen molar-refractivity contribution in [1.82, 2.24) is 0 Å². The normalized spacial score (nSPS) is 13.0. The molecule has 0 aromatic heterocycles. The Balaban J connectivity index is 3.80. The number of carbonyl (C=O) groups is 1. The predicted octanol–water partition coefficient (Wildman–Crippen LogP) is -0.949. The Morgan fingerprint density at radius 3 is 2.38 bits per heavy atom. The van der Waals surface area contributed by atoms with Gasteiger partial charge in [-0.3, -0.25) is 0 Å². The molecule has 2 N–H and O–H groups in total. The van der Waals surface area contributed by atoms with Gasteiger partial charge in [-0.2, -0.15) is 0 Å². The second-order valence-corrected chi connectivity index (χ2v) is 2.15. The van der Waals surface area contributed by atoms with Gasteiger partial charge < -0.3 is 9.90 Å². The minimum absolute atomic E-state index is 0.235. The third kappa shape index (κ3) is 2.54. The molecule has 0 unspecified atom stereocenters. The van der Waals surface area contributed by atoms with Crippen molar-refractivity contribution in [3.63, 3.8) is 0 Å². The van der Waals surface area contributed by atoms with Crippen molar-refractivity contribution in [3.8, 4) is 0 Å². The number of carboxylic acid groups (broad SMARTS) is 1. The summed E-state index contributed by atoms with van der Waals surface area (Å²) >= 11 is 0. The largest absolute Gasteiger partial charge is 0.478 e. The van der Waals surface area contributed by atoms with Gasteiger partial charge in [0.25, 0.3) is 0 Å². The quantitative estimate of drug-likeness (QED) is 0.376. The minimum Gasteiger partial charge on any atom is -0.478 e. The second kappa shape index (κ2) is 3.40. The molecule has 0 spiro atoms. The van der Waals surface area contributed by atoms with E-state index < -0.39 is 15.7 Å². The van der Waals surface area contributed by atoms with Gasteiger partial charge in [0.2, 0.25) is 0 Å². The van der Waals surface area contributed by atoms with Gasteiger partial charge in [0.1, 0.15) is 0 Å². The van der Waals surface area contributed by atoms with Crippen molar-refractivity contribution in [3.05, 3.63) is 11.3 Å². The molecule has 0 heterocycles.